The van der Waals surface area contributed by atoms with Gasteiger partial charge >= 0.3 is 0 Å². The first kappa shape index (κ1) is 8.75. The zero-order chi connectivity index (χ0) is 8.10. The van der Waals surface area contributed by atoms with E-state index in [1.807, 2.05) is 0 Å². The molecular formula is C9H16O2. The van der Waals surface area contributed by atoms with Crippen LogP contribution >= 0.6 is 0 Å². The van der Waals surface area contributed by atoms with Gasteiger partial charge in [0.05, 0.1) is 19.3 Å². The van der Waals surface area contributed by atoms with E-state index in [2.05, 4.69) is 13.0 Å². The highest BCUT2D eigenvalue weighted by Crippen LogP contribution is 2.14. The molecule has 1 aliphatic rings. The fraction of sp³-hybridized carbons (Fsp3) is 0.778. The second-order valence-electron chi connectivity index (χ2n) is 2.94. The lowest BCUT2D eigenvalue weighted by Crippen LogP contribution is -2.11. The standard InChI is InChI=1S/C9H16O2/c1-8(10-2)7-9-3-5-11-6-4-9/h3,8H,4-7H2,1-2H3. The van der Waals surface area contributed by atoms with Gasteiger partial charge in [0.2, 0.25) is 0 Å². The Labute approximate surface area is 68.2 Å². The Morgan fingerprint density at radius 2 is 2.55 bits per heavy atom. The second-order valence-corrected chi connectivity index (χ2v) is 2.94. The molecule has 0 aromatic rings. The van der Waals surface area contributed by atoms with Crippen molar-refractivity contribution in [2.24, 2.45) is 0 Å². The van der Waals surface area contributed by atoms with Crippen molar-refractivity contribution in [3.8, 4) is 0 Å². The molecule has 0 N–H and O–H groups in total. The number of hydrogen-bond donors (Lipinski definition) is 0. The van der Waals surface area contributed by atoms with Crippen molar-refractivity contribution in [2.75, 3.05) is 20.3 Å². The Balaban J connectivity index is 2.29. The second kappa shape index (κ2) is 4.52. The molecule has 0 aromatic carbocycles. The van der Waals surface area contributed by atoms with Crippen LogP contribution in [0.5, 0.6) is 0 Å². The summed E-state index contributed by atoms with van der Waals surface area (Å²) in [5.41, 5.74) is 1.48. The van der Waals surface area contributed by atoms with Gasteiger partial charge in [-0.2, -0.15) is 0 Å². The molecule has 0 amide bonds. The maximum absolute atomic E-state index is 5.20. The minimum absolute atomic E-state index is 0.347. The van der Waals surface area contributed by atoms with Crippen molar-refractivity contribution >= 4 is 0 Å². The predicted octanol–water partition coefficient (Wildman–Crippen LogP) is 1.76. The molecule has 0 saturated carbocycles. The topological polar surface area (TPSA) is 18.5 Å². The number of ether oxygens (including phenoxy) is 2. The molecule has 0 bridgehead atoms. The van der Waals surface area contributed by atoms with Gasteiger partial charge in [0.1, 0.15) is 0 Å². The van der Waals surface area contributed by atoms with Crippen molar-refractivity contribution in [3.05, 3.63) is 11.6 Å². The Bertz CT molecular complexity index is 140. The molecule has 0 aliphatic carbocycles. The summed E-state index contributed by atoms with van der Waals surface area (Å²) < 4.78 is 10.4. The van der Waals surface area contributed by atoms with Crippen LogP contribution in [0.15, 0.2) is 11.6 Å². The molecule has 1 unspecified atom stereocenters. The summed E-state index contributed by atoms with van der Waals surface area (Å²) in [6.45, 7) is 3.75. The van der Waals surface area contributed by atoms with Crippen LogP contribution in [0.4, 0.5) is 0 Å². The Hall–Kier alpha value is -0.340. The summed E-state index contributed by atoms with van der Waals surface area (Å²) in [7, 11) is 1.75. The summed E-state index contributed by atoms with van der Waals surface area (Å²) in [4.78, 5) is 0. The highest BCUT2D eigenvalue weighted by Gasteiger charge is 2.07. The third kappa shape index (κ3) is 3.04. The van der Waals surface area contributed by atoms with Crippen molar-refractivity contribution in [2.45, 2.75) is 25.9 Å². The van der Waals surface area contributed by atoms with Crippen LogP contribution in [0, 0.1) is 0 Å². The van der Waals surface area contributed by atoms with Crippen molar-refractivity contribution in [3.63, 3.8) is 0 Å². The van der Waals surface area contributed by atoms with Gasteiger partial charge in [0.25, 0.3) is 0 Å². The van der Waals surface area contributed by atoms with E-state index in [4.69, 9.17) is 9.47 Å². The summed E-state index contributed by atoms with van der Waals surface area (Å²) in [6.07, 6.45) is 4.64. The van der Waals surface area contributed by atoms with Gasteiger partial charge in [-0.3, -0.25) is 0 Å². The fourth-order valence-electron chi connectivity index (χ4n) is 1.20. The SMILES string of the molecule is COC(C)CC1=CCOCC1. The first-order valence-electron chi connectivity index (χ1n) is 4.11. The molecule has 2 nitrogen and oxygen atoms in total. The monoisotopic (exact) mass is 156 g/mol. The van der Waals surface area contributed by atoms with Crippen LogP contribution in [0.1, 0.15) is 19.8 Å². The zero-order valence-electron chi connectivity index (χ0n) is 7.30. The lowest BCUT2D eigenvalue weighted by atomic mass is 10.0. The van der Waals surface area contributed by atoms with Gasteiger partial charge in [-0.25, -0.2) is 0 Å². The van der Waals surface area contributed by atoms with E-state index in [0.29, 0.717) is 6.10 Å². The fourth-order valence-corrected chi connectivity index (χ4v) is 1.20. The summed E-state index contributed by atoms with van der Waals surface area (Å²) in [5.74, 6) is 0. The molecule has 2 heteroatoms. The van der Waals surface area contributed by atoms with Gasteiger partial charge < -0.3 is 9.47 Å². The van der Waals surface area contributed by atoms with E-state index >= 15 is 0 Å². The van der Waals surface area contributed by atoms with E-state index in [-0.39, 0.29) is 0 Å². The number of rotatable bonds is 3. The quantitative estimate of drug-likeness (QED) is 0.580. The molecule has 64 valence electrons. The van der Waals surface area contributed by atoms with Crippen LogP contribution in [-0.2, 0) is 9.47 Å². The minimum Gasteiger partial charge on any atom is -0.381 e. The normalized spacial score (nSPS) is 21.1. The third-order valence-corrected chi connectivity index (χ3v) is 2.01. The maximum atomic E-state index is 5.20. The first-order chi connectivity index (χ1) is 5.33. The molecule has 1 atom stereocenters. The third-order valence-electron chi connectivity index (χ3n) is 2.01. The lowest BCUT2D eigenvalue weighted by Gasteiger charge is -2.16. The molecule has 1 rings (SSSR count). The predicted molar refractivity (Wildman–Crippen MR) is 44.6 cm³/mol. The number of hydrogen-bond acceptors (Lipinski definition) is 2. The average molecular weight is 156 g/mol. The molecule has 0 spiro atoms. The van der Waals surface area contributed by atoms with Crippen LogP contribution in [0.3, 0.4) is 0 Å². The molecule has 0 radical (unpaired) electrons. The van der Waals surface area contributed by atoms with E-state index in [1.54, 1.807) is 7.11 Å². The first-order valence-corrected chi connectivity index (χ1v) is 4.11. The Morgan fingerprint density at radius 3 is 3.09 bits per heavy atom. The average Bonchev–Trinajstić information content (AvgIpc) is 2.06. The lowest BCUT2D eigenvalue weighted by molar-refractivity contribution is 0.110. The van der Waals surface area contributed by atoms with Crippen molar-refractivity contribution < 1.29 is 9.47 Å². The van der Waals surface area contributed by atoms with Gasteiger partial charge in [-0.15, -0.1) is 0 Å². The summed E-state index contributed by atoms with van der Waals surface area (Å²) >= 11 is 0. The Kier molecular flexibility index (Phi) is 3.60. The van der Waals surface area contributed by atoms with Crippen LogP contribution < -0.4 is 0 Å². The van der Waals surface area contributed by atoms with E-state index in [1.165, 1.54) is 5.57 Å². The molecule has 1 aliphatic heterocycles. The molecule has 0 aromatic heterocycles. The van der Waals surface area contributed by atoms with Crippen molar-refractivity contribution in [1.29, 1.82) is 0 Å². The van der Waals surface area contributed by atoms with Crippen LogP contribution in [-0.4, -0.2) is 26.4 Å². The van der Waals surface area contributed by atoms with E-state index < -0.39 is 0 Å². The smallest absolute Gasteiger partial charge is 0.0650 e. The molecule has 11 heavy (non-hydrogen) atoms. The van der Waals surface area contributed by atoms with E-state index in [9.17, 15) is 0 Å². The van der Waals surface area contributed by atoms with Gasteiger partial charge in [-0.05, 0) is 19.8 Å². The van der Waals surface area contributed by atoms with Gasteiger partial charge in [0.15, 0.2) is 0 Å². The minimum atomic E-state index is 0.347. The Morgan fingerprint density at radius 1 is 1.73 bits per heavy atom. The molecule has 0 fully saturated rings. The molecular weight excluding hydrogens is 140 g/mol. The van der Waals surface area contributed by atoms with Gasteiger partial charge in [-0.1, -0.05) is 11.6 Å². The van der Waals surface area contributed by atoms with Crippen molar-refractivity contribution in [1.82, 2.24) is 0 Å². The van der Waals surface area contributed by atoms with Gasteiger partial charge in [0, 0.05) is 7.11 Å². The molecule has 1 heterocycles. The highest BCUT2D eigenvalue weighted by atomic mass is 16.5. The summed E-state index contributed by atoms with van der Waals surface area (Å²) in [6, 6.07) is 0. The van der Waals surface area contributed by atoms with Crippen LogP contribution in [0.2, 0.25) is 0 Å². The molecule has 0 saturated heterocycles. The largest absolute Gasteiger partial charge is 0.381 e. The maximum Gasteiger partial charge on any atom is 0.0650 e. The summed E-state index contributed by atoms with van der Waals surface area (Å²) in [5, 5.41) is 0. The van der Waals surface area contributed by atoms with Crippen LogP contribution in [0.25, 0.3) is 0 Å². The number of methoxy groups -OCH3 is 1. The highest BCUT2D eigenvalue weighted by molar-refractivity contribution is 5.05. The van der Waals surface area contributed by atoms with E-state index in [0.717, 1.165) is 26.1 Å². The zero-order valence-corrected chi connectivity index (χ0v) is 7.30.